The number of ether oxygens (including phenoxy) is 2. The van der Waals surface area contributed by atoms with Gasteiger partial charge in [-0.3, -0.25) is 0 Å². The highest BCUT2D eigenvalue weighted by atomic mass is 16.5. The van der Waals surface area contributed by atoms with E-state index in [2.05, 4.69) is 21.5 Å². The second-order valence-corrected chi connectivity index (χ2v) is 1.87. The van der Waals surface area contributed by atoms with Crippen molar-refractivity contribution in [3.8, 4) is 12.0 Å². The van der Waals surface area contributed by atoms with Gasteiger partial charge in [-0.05, 0) is 6.08 Å². The Kier molecular flexibility index (Phi) is 2.57. The summed E-state index contributed by atoms with van der Waals surface area (Å²) in [6, 6.07) is 0.438. The summed E-state index contributed by atoms with van der Waals surface area (Å²) in [6.07, 6.45) is 1.49. The Bertz CT molecular complexity index is 266. The van der Waals surface area contributed by atoms with Gasteiger partial charge in [0.1, 0.15) is 0 Å². The summed E-state index contributed by atoms with van der Waals surface area (Å²) in [7, 11) is 2.95. The van der Waals surface area contributed by atoms with Gasteiger partial charge in [-0.2, -0.15) is 9.97 Å². The first-order chi connectivity index (χ1) is 5.80. The molecule has 0 N–H and O–H groups in total. The van der Waals surface area contributed by atoms with Gasteiger partial charge in [-0.25, -0.2) is 0 Å². The van der Waals surface area contributed by atoms with Crippen molar-refractivity contribution in [2.75, 3.05) is 14.2 Å². The highest BCUT2D eigenvalue weighted by molar-refractivity contribution is 5.36. The molecule has 0 fully saturated rings. The fraction of sp³-hybridized carbons (Fsp3) is 0.286. The predicted molar refractivity (Wildman–Crippen MR) is 43.0 cm³/mol. The SMILES string of the molecule is C=Cc1nc(OC)nc(OC)n1. The van der Waals surface area contributed by atoms with Crippen molar-refractivity contribution in [3.63, 3.8) is 0 Å². The zero-order valence-electron chi connectivity index (χ0n) is 6.94. The Morgan fingerprint density at radius 2 is 1.58 bits per heavy atom. The Balaban J connectivity index is 3.09. The van der Waals surface area contributed by atoms with E-state index in [0.717, 1.165) is 0 Å². The topological polar surface area (TPSA) is 57.1 Å². The van der Waals surface area contributed by atoms with Crippen LogP contribution in [0.1, 0.15) is 5.82 Å². The van der Waals surface area contributed by atoms with Gasteiger partial charge < -0.3 is 9.47 Å². The average Bonchev–Trinajstić information content (AvgIpc) is 2.16. The van der Waals surface area contributed by atoms with Crippen LogP contribution in [0.4, 0.5) is 0 Å². The lowest BCUT2D eigenvalue weighted by atomic mass is 10.6. The van der Waals surface area contributed by atoms with E-state index in [1.807, 2.05) is 0 Å². The molecule has 0 radical (unpaired) electrons. The molecule has 0 aliphatic heterocycles. The summed E-state index contributed by atoms with van der Waals surface area (Å²) < 4.78 is 9.62. The monoisotopic (exact) mass is 167 g/mol. The standard InChI is InChI=1S/C7H9N3O2/c1-4-5-8-6(11-2)10-7(9-5)12-3/h4H,1H2,2-3H3. The van der Waals surface area contributed by atoms with Gasteiger partial charge in [-0.15, -0.1) is 4.98 Å². The maximum Gasteiger partial charge on any atom is 0.322 e. The van der Waals surface area contributed by atoms with Crippen LogP contribution in [0.2, 0.25) is 0 Å². The van der Waals surface area contributed by atoms with Gasteiger partial charge in [0.2, 0.25) is 0 Å². The van der Waals surface area contributed by atoms with Gasteiger partial charge >= 0.3 is 12.0 Å². The number of nitrogens with zero attached hydrogens (tertiary/aromatic N) is 3. The minimum absolute atomic E-state index is 0.219. The summed E-state index contributed by atoms with van der Waals surface area (Å²) in [6.45, 7) is 3.52. The minimum Gasteiger partial charge on any atom is -0.467 e. The van der Waals surface area contributed by atoms with Gasteiger partial charge in [0.15, 0.2) is 5.82 Å². The van der Waals surface area contributed by atoms with E-state index in [4.69, 9.17) is 9.47 Å². The molecule has 1 rings (SSSR count). The molecule has 0 amide bonds. The predicted octanol–water partition coefficient (Wildman–Crippen LogP) is 0.532. The number of hydrogen-bond acceptors (Lipinski definition) is 5. The van der Waals surface area contributed by atoms with Crippen LogP contribution in [0.25, 0.3) is 6.08 Å². The Morgan fingerprint density at radius 3 is 1.92 bits per heavy atom. The van der Waals surface area contributed by atoms with Gasteiger partial charge in [0, 0.05) is 0 Å². The molecule has 5 nitrogen and oxygen atoms in total. The molecule has 1 aromatic rings. The van der Waals surface area contributed by atoms with Crippen molar-refractivity contribution in [1.29, 1.82) is 0 Å². The van der Waals surface area contributed by atoms with Crippen LogP contribution < -0.4 is 9.47 Å². The molecule has 64 valence electrons. The van der Waals surface area contributed by atoms with E-state index >= 15 is 0 Å². The lowest BCUT2D eigenvalue weighted by Gasteiger charge is -2.01. The average molecular weight is 167 g/mol. The van der Waals surface area contributed by atoms with Crippen molar-refractivity contribution in [3.05, 3.63) is 12.4 Å². The maximum atomic E-state index is 4.81. The molecule has 0 aliphatic rings. The van der Waals surface area contributed by atoms with E-state index in [1.54, 1.807) is 0 Å². The van der Waals surface area contributed by atoms with Gasteiger partial charge in [-0.1, -0.05) is 6.58 Å². The molecule has 0 saturated carbocycles. The molecule has 0 aliphatic carbocycles. The molecule has 1 heterocycles. The third-order valence-corrected chi connectivity index (χ3v) is 1.16. The molecule has 1 aromatic heterocycles. The van der Waals surface area contributed by atoms with Crippen molar-refractivity contribution in [2.45, 2.75) is 0 Å². The largest absolute Gasteiger partial charge is 0.467 e. The molecule has 0 spiro atoms. The summed E-state index contributed by atoms with van der Waals surface area (Å²) in [5.41, 5.74) is 0. The first-order valence-electron chi connectivity index (χ1n) is 3.26. The van der Waals surface area contributed by atoms with E-state index < -0.39 is 0 Å². The Morgan fingerprint density at radius 1 is 1.08 bits per heavy atom. The van der Waals surface area contributed by atoms with Gasteiger partial charge in [0.05, 0.1) is 14.2 Å². The Hall–Kier alpha value is -1.65. The molecule has 0 atom stereocenters. The van der Waals surface area contributed by atoms with Crippen LogP contribution in [0.5, 0.6) is 12.0 Å². The van der Waals surface area contributed by atoms with Crippen LogP contribution in [0.15, 0.2) is 6.58 Å². The summed E-state index contributed by atoms with van der Waals surface area (Å²) in [5.74, 6) is 0.429. The zero-order chi connectivity index (χ0) is 8.97. The molecule has 0 saturated heterocycles. The first kappa shape index (κ1) is 8.45. The van der Waals surface area contributed by atoms with Crippen LogP contribution in [0.3, 0.4) is 0 Å². The van der Waals surface area contributed by atoms with Crippen molar-refractivity contribution in [2.24, 2.45) is 0 Å². The molecule has 0 bridgehead atoms. The van der Waals surface area contributed by atoms with Crippen molar-refractivity contribution >= 4 is 6.08 Å². The van der Waals surface area contributed by atoms with E-state index in [9.17, 15) is 0 Å². The summed E-state index contributed by atoms with van der Waals surface area (Å²) in [5, 5.41) is 0. The van der Waals surface area contributed by atoms with Crippen LogP contribution in [-0.4, -0.2) is 29.2 Å². The van der Waals surface area contributed by atoms with Crippen LogP contribution in [-0.2, 0) is 0 Å². The van der Waals surface area contributed by atoms with E-state index in [-0.39, 0.29) is 12.0 Å². The number of hydrogen-bond donors (Lipinski definition) is 0. The van der Waals surface area contributed by atoms with Crippen LogP contribution >= 0.6 is 0 Å². The smallest absolute Gasteiger partial charge is 0.322 e. The second-order valence-electron chi connectivity index (χ2n) is 1.87. The lowest BCUT2D eigenvalue weighted by Crippen LogP contribution is -2.00. The van der Waals surface area contributed by atoms with E-state index in [0.29, 0.717) is 5.82 Å². The zero-order valence-corrected chi connectivity index (χ0v) is 6.94. The third kappa shape index (κ3) is 1.69. The quantitative estimate of drug-likeness (QED) is 0.657. The van der Waals surface area contributed by atoms with Crippen LogP contribution in [0, 0.1) is 0 Å². The minimum atomic E-state index is 0.219. The summed E-state index contributed by atoms with van der Waals surface area (Å²) in [4.78, 5) is 11.6. The fourth-order valence-corrected chi connectivity index (χ4v) is 0.627. The number of methoxy groups -OCH3 is 2. The molecule has 12 heavy (non-hydrogen) atoms. The molecular formula is C7H9N3O2. The normalized spacial score (nSPS) is 9.17. The third-order valence-electron chi connectivity index (χ3n) is 1.16. The summed E-state index contributed by atoms with van der Waals surface area (Å²) >= 11 is 0. The number of rotatable bonds is 3. The number of aromatic nitrogens is 3. The Labute approximate surface area is 70.1 Å². The maximum absolute atomic E-state index is 4.81. The molecular weight excluding hydrogens is 158 g/mol. The van der Waals surface area contributed by atoms with E-state index in [1.165, 1.54) is 20.3 Å². The lowest BCUT2D eigenvalue weighted by molar-refractivity contribution is 0.339. The highest BCUT2D eigenvalue weighted by Crippen LogP contribution is 2.08. The van der Waals surface area contributed by atoms with Crippen molar-refractivity contribution < 1.29 is 9.47 Å². The van der Waals surface area contributed by atoms with Crippen molar-refractivity contribution in [1.82, 2.24) is 15.0 Å². The molecule has 0 unspecified atom stereocenters. The molecule has 5 heteroatoms. The fourth-order valence-electron chi connectivity index (χ4n) is 0.627. The highest BCUT2D eigenvalue weighted by Gasteiger charge is 2.02. The van der Waals surface area contributed by atoms with Gasteiger partial charge in [0.25, 0.3) is 0 Å². The first-order valence-corrected chi connectivity index (χ1v) is 3.26. The molecule has 0 aromatic carbocycles. The second kappa shape index (κ2) is 3.66.